The largest absolute Gasteiger partial charge is 0.508 e. The number of aliphatic hydroxyl groups is 1. The summed E-state index contributed by atoms with van der Waals surface area (Å²) in [5, 5.41) is 21.2. The number of nitrogens with zero attached hydrogens (tertiary/aromatic N) is 2. The average Bonchev–Trinajstić information content (AvgIpc) is 3.01. The van der Waals surface area contributed by atoms with Gasteiger partial charge in [0.25, 0.3) is 5.56 Å². The number of fused-ring (bicyclic) bond motifs is 5. The summed E-state index contributed by atoms with van der Waals surface area (Å²) >= 11 is 0. The molecule has 27 heavy (non-hydrogen) atoms. The Kier molecular flexibility index (Phi) is 3.07. The molecule has 135 valence electrons. The van der Waals surface area contributed by atoms with Crippen molar-refractivity contribution in [3.05, 3.63) is 63.8 Å². The SMILES string of the molecule is C[CH]C1(O)C(=O)OCc2c1cc1n(c2=O)Cc2cc3cc(O)ccc3nc2-1. The minimum atomic E-state index is -1.95. The molecule has 1 radical (unpaired) electrons. The van der Waals surface area contributed by atoms with Gasteiger partial charge in [-0.2, -0.15) is 0 Å². The maximum Gasteiger partial charge on any atom is 0.343 e. The minimum absolute atomic E-state index is 0.145. The van der Waals surface area contributed by atoms with Gasteiger partial charge in [0.2, 0.25) is 0 Å². The number of phenolic OH excluding ortho intramolecular Hbond substituents is 1. The molecule has 1 atom stereocenters. The molecule has 2 N–H and O–H groups in total. The first kappa shape index (κ1) is 16.0. The predicted octanol–water partition coefficient (Wildman–Crippen LogP) is 1.60. The molecule has 1 unspecified atom stereocenters. The van der Waals surface area contributed by atoms with Crippen molar-refractivity contribution >= 4 is 16.9 Å². The summed E-state index contributed by atoms with van der Waals surface area (Å²) in [6, 6.07) is 8.43. The number of rotatable bonds is 1. The van der Waals surface area contributed by atoms with E-state index < -0.39 is 11.6 Å². The number of pyridine rings is 2. The van der Waals surface area contributed by atoms with Crippen molar-refractivity contribution in [3.8, 4) is 17.1 Å². The third-order valence-electron chi connectivity index (χ3n) is 5.34. The van der Waals surface area contributed by atoms with E-state index in [4.69, 9.17) is 4.74 Å². The zero-order valence-electron chi connectivity index (χ0n) is 14.4. The lowest BCUT2D eigenvalue weighted by atomic mass is 9.86. The van der Waals surface area contributed by atoms with Crippen molar-refractivity contribution in [1.29, 1.82) is 0 Å². The van der Waals surface area contributed by atoms with E-state index in [0.717, 1.165) is 10.9 Å². The van der Waals surface area contributed by atoms with Crippen molar-refractivity contribution in [1.82, 2.24) is 9.55 Å². The fourth-order valence-electron chi connectivity index (χ4n) is 3.87. The maximum absolute atomic E-state index is 13.0. The Hall–Kier alpha value is -3.19. The summed E-state index contributed by atoms with van der Waals surface area (Å²) in [4.78, 5) is 29.8. The number of benzene rings is 1. The number of hydrogen-bond acceptors (Lipinski definition) is 6. The standard InChI is InChI=1S/C20H15N2O5/c1-2-20(26)14-7-16-17-11(5-10-6-12(23)3-4-15(10)21-17)8-22(16)18(24)13(14)9-27-19(20)25/h2-7,23,26H,8-9H2,1H3. The summed E-state index contributed by atoms with van der Waals surface area (Å²) in [5.41, 5.74) is 0.968. The zero-order chi connectivity index (χ0) is 18.9. The quantitative estimate of drug-likeness (QED) is 0.498. The molecule has 0 bridgehead atoms. The maximum atomic E-state index is 13.0. The Balaban J connectivity index is 1.80. The van der Waals surface area contributed by atoms with Crippen LogP contribution in [0.1, 0.15) is 23.6 Å². The van der Waals surface area contributed by atoms with Crippen molar-refractivity contribution in [2.75, 3.05) is 0 Å². The number of ether oxygens (including phenoxy) is 1. The number of esters is 1. The molecule has 3 aromatic rings. The van der Waals surface area contributed by atoms with Crippen molar-refractivity contribution in [2.24, 2.45) is 0 Å². The molecule has 0 spiro atoms. The first-order valence-electron chi connectivity index (χ1n) is 8.52. The van der Waals surface area contributed by atoms with Crippen molar-refractivity contribution in [3.63, 3.8) is 0 Å². The van der Waals surface area contributed by atoms with E-state index in [1.54, 1.807) is 35.8 Å². The van der Waals surface area contributed by atoms with Gasteiger partial charge in [0.1, 0.15) is 12.4 Å². The van der Waals surface area contributed by atoms with Crippen LogP contribution in [0.15, 0.2) is 35.1 Å². The lowest BCUT2D eigenvalue weighted by molar-refractivity contribution is -0.167. The van der Waals surface area contributed by atoms with Crippen LogP contribution in [0.2, 0.25) is 0 Å². The van der Waals surface area contributed by atoms with Crippen LogP contribution in [-0.2, 0) is 28.3 Å². The van der Waals surface area contributed by atoms with Crippen LogP contribution >= 0.6 is 0 Å². The van der Waals surface area contributed by atoms with E-state index in [0.29, 0.717) is 23.4 Å². The van der Waals surface area contributed by atoms with E-state index in [1.807, 2.05) is 6.07 Å². The van der Waals surface area contributed by atoms with Crippen LogP contribution in [0.3, 0.4) is 0 Å². The van der Waals surface area contributed by atoms with Gasteiger partial charge in [0, 0.05) is 22.9 Å². The second-order valence-corrected chi connectivity index (χ2v) is 6.82. The van der Waals surface area contributed by atoms with E-state index in [2.05, 4.69) is 4.98 Å². The number of cyclic esters (lactones) is 1. The fraction of sp³-hybridized carbons (Fsp3) is 0.200. The summed E-state index contributed by atoms with van der Waals surface area (Å²) in [6.45, 7) is 1.72. The van der Waals surface area contributed by atoms with E-state index in [-0.39, 0.29) is 29.0 Å². The first-order chi connectivity index (χ1) is 12.9. The molecule has 0 fully saturated rings. The lowest BCUT2D eigenvalue weighted by Crippen LogP contribution is -2.44. The third kappa shape index (κ3) is 2.03. The van der Waals surface area contributed by atoms with Gasteiger partial charge in [-0.15, -0.1) is 0 Å². The first-order valence-corrected chi connectivity index (χ1v) is 8.52. The fourth-order valence-corrected chi connectivity index (χ4v) is 3.87. The number of aromatic nitrogens is 2. The second kappa shape index (κ2) is 5.17. The highest BCUT2D eigenvalue weighted by atomic mass is 16.6. The van der Waals surface area contributed by atoms with E-state index >= 15 is 0 Å². The topological polar surface area (TPSA) is 102 Å². The minimum Gasteiger partial charge on any atom is -0.508 e. The van der Waals surface area contributed by atoms with Crippen LogP contribution in [0.5, 0.6) is 5.75 Å². The van der Waals surface area contributed by atoms with Crippen LogP contribution in [-0.4, -0.2) is 25.7 Å². The van der Waals surface area contributed by atoms with Gasteiger partial charge in [0.05, 0.1) is 29.0 Å². The monoisotopic (exact) mass is 363 g/mol. The van der Waals surface area contributed by atoms with Gasteiger partial charge in [-0.25, -0.2) is 9.78 Å². The molecule has 7 nitrogen and oxygen atoms in total. The highest BCUT2D eigenvalue weighted by Gasteiger charge is 2.45. The lowest BCUT2D eigenvalue weighted by Gasteiger charge is -2.31. The van der Waals surface area contributed by atoms with Crippen LogP contribution in [0.4, 0.5) is 0 Å². The number of aromatic hydroxyl groups is 1. The molecule has 0 aliphatic carbocycles. The summed E-state index contributed by atoms with van der Waals surface area (Å²) < 4.78 is 6.60. The molecule has 7 heteroatoms. The van der Waals surface area contributed by atoms with Crippen molar-refractivity contribution in [2.45, 2.75) is 25.7 Å². The van der Waals surface area contributed by atoms with Gasteiger partial charge >= 0.3 is 5.97 Å². The number of hydrogen-bond donors (Lipinski definition) is 2. The second-order valence-electron chi connectivity index (χ2n) is 6.82. The molecule has 4 heterocycles. The molecule has 0 saturated carbocycles. The molecule has 2 aliphatic rings. The van der Waals surface area contributed by atoms with Gasteiger partial charge in [0.15, 0.2) is 5.60 Å². The summed E-state index contributed by atoms with van der Waals surface area (Å²) in [6.07, 6.45) is 1.33. The van der Waals surface area contributed by atoms with E-state index in [9.17, 15) is 19.8 Å². The van der Waals surface area contributed by atoms with Gasteiger partial charge in [-0.1, -0.05) is 6.92 Å². The zero-order valence-corrected chi connectivity index (χ0v) is 14.4. The predicted molar refractivity (Wildman–Crippen MR) is 95.9 cm³/mol. The van der Waals surface area contributed by atoms with Gasteiger partial charge in [-0.05, 0) is 30.3 Å². The average molecular weight is 363 g/mol. The molecule has 1 aromatic carbocycles. The van der Waals surface area contributed by atoms with Crippen LogP contribution in [0, 0.1) is 6.42 Å². The van der Waals surface area contributed by atoms with E-state index in [1.165, 1.54) is 6.42 Å². The summed E-state index contributed by atoms with van der Waals surface area (Å²) in [5.74, 6) is -0.645. The van der Waals surface area contributed by atoms with Crippen molar-refractivity contribution < 1.29 is 19.7 Å². The smallest absolute Gasteiger partial charge is 0.343 e. The number of carbonyl (C=O) groups excluding carboxylic acids is 1. The summed E-state index contributed by atoms with van der Waals surface area (Å²) in [7, 11) is 0. The van der Waals surface area contributed by atoms with Crippen LogP contribution < -0.4 is 5.56 Å². The molecule has 0 amide bonds. The van der Waals surface area contributed by atoms with Crippen LogP contribution in [0.25, 0.3) is 22.3 Å². The molecule has 5 rings (SSSR count). The Morgan fingerprint density at radius 3 is 2.85 bits per heavy atom. The molecule has 2 aliphatic heterocycles. The van der Waals surface area contributed by atoms with Gasteiger partial charge < -0.3 is 19.5 Å². The molecular formula is C20H15N2O5. The highest BCUT2D eigenvalue weighted by molar-refractivity contribution is 5.87. The molecular weight excluding hydrogens is 348 g/mol. The third-order valence-corrected chi connectivity index (χ3v) is 5.34. The van der Waals surface area contributed by atoms with Gasteiger partial charge in [-0.3, -0.25) is 4.79 Å². The Morgan fingerprint density at radius 2 is 2.07 bits per heavy atom. The number of carbonyl (C=O) groups is 1. The molecule has 0 saturated heterocycles. The highest BCUT2D eigenvalue weighted by Crippen LogP contribution is 2.38. The Labute approximate surface area is 153 Å². The normalized spacial score (nSPS) is 20.1. The number of phenols is 1. The Bertz CT molecular complexity index is 1210. The molecule has 2 aromatic heterocycles. The Morgan fingerprint density at radius 1 is 1.26 bits per heavy atom.